The largest absolute Gasteiger partial charge is 0.358 e. The van der Waals surface area contributed by atoms with Crippen molar-refractivity contribution in [2.45, 2.75) is 26.3 Å². The summed E-state index contributed by atoms with van der Waals surface area (Å²) >= 11 is 0. The van der Waals surface area contributed by atoms with Crippen LogP contribution >= 0.6 is 0 Å². The Bertz CT molecular complexity index is 852. The summed E-state index contributed by atoms with van der Waals surface area (Å²) in [6.07, 6.45) is 0.523. The van der Waals surface area contributed by atoms with Gasteiger partial charge in [0.15, 0.2) is 9.84 Å². The number of hydrogen-bond donors (Lipinski definition) is 1. The van der Waals surface area contributed by atoms with E-state index in [-0.39, 0.29) is 23.5 Å². The summed E-state index contributed by atoms with van der Waals surface area (Å²) in [4.78, 5) is 17.5. The first-order valence-corrected chi connectivity index (χ1v) is 9.17. The molecule has 0 unspecified atom stereocenters. The third-order valence-electron chi connectivity index (χ3n) is 4.63. The second-order valence-electron chi connectivity index (χ2n) is 6.11. The van der Waals surface area contributed by atoms with Crippen molar-refractivity contribution >= 4 is 26.6 Å². The topological polar surface area (TPSA) is 70.2 Å². The van der Waals surface area contributed by atoms with Gasteiger partial charge < -0.3 is 9.88 Å². The Labute approximate surface area is 130 Å². The molecule has 1 aromatic carbocycles. The molecule has 3 rings (SSSR count). The fourth-order valence-electron chi connectivity index (χ4n) is 3.04. The van der Waals surface area contributed by atoms with Crippen molar-refractivity contribution < 1.29 is 13.2 Å². The first-order valence-electron chi connectivity index (χ1n) is 7.35. The Morgan fingerprint density at radius 3 is 2.68 bits per heavy atom. The summed E-state index contributed by atoms with van der Waals surface area (Å²) in [7, 11) is -1.31. The molecular weight excluding hydrogens is 300 g/mol. The smallest absolute Gasteiger partial charge is 0.253 e. The third-order valence-corrected chi connectivity index (χ3v) is 6.38. The Balaban J connectivity index is 1.90. The molecule has 0 saturated carbocycles. The number of fused-ring (bicyclic) bond motifs is 1. The van der Waals surface area contributed by atoms with Crippen LogP contribution in [0.25, 0.3) is 10.9 Å². The van der Waals surface area contributed by atoms with Crippen LogP contribution in [0.5, 0.6) is 0 Å². The van der Waals surface area contributed by atoms with Gasteiger partial charge in [0.05, 0.1) is 11.5 Å². The predicted molar refractivity (Wildman–Crippen MR) is 86.9 cm³/mol. The van der Waals surface area contributed by atoms with Gasteiger partial charge in [-0.25, -0.2) is 8.42 Å². The Hall–Kier alpha value is -1.82. The quantitative estimate of drug-likeness (QED) is 0.920. The molecule has 5 nitrogen and oxygen atoms in total. The maximum Gasteiger partial charge on any atom is 0.253 e. The number of rotatable bonds is 2. The van der Waals surface area contributed by atoms with E-state index in [2.05, 4.69) is 4.98 Å². The SMILES string of the molecule is Cc1[nH]c2ccc(C(=O)N(C)[C@@H]3CCS(=O)(=O)C3)cc2c1C. The number of nitrogens with one attached hydrogen (secondary N) is 1. The van der Waals surface area contributed by atoms with Gasteiger partial charge in [-0.3, -0.25) is 4.79 Å². The van der Waals surface area contributed by atoms with Gasteiger partial charge in [-0.2, -0.15) is 0 Å². The number of hydrogen-bond acceptors (Lipinski definition) is 3. The summed E-state index contributed by atoms with van der Waals surface area (Å²) in [6.45, 7) is 4.03. The minimum atomic E-state index is -2.99. The molecule has 1 atom stereocenters. The summed E-state index contributed by atoms with van der Waals surface area (Å²) in [5.41, 5.74) is 3.84. The minimum absolute atomic E-state index is 0.0692. The van der Waals surface area contributed by atoms with Crippen LogP contribution in [0.2, 0.25) is 0 Å². The summed E-state index contributed by atoms with van der Waals surface area (Å²) in [5.74, 6) is 0.117. The number of nitrogens with zero attached hydrogens (tertiary/aromatic N) is 1. The number of aryl methyl sites for hydroxylation is 2. The number of amides is 1. The average Bonchev–Trinajstić information content (AvgIpc) is 2.98. The van der Waals surface area contributed by atoms with E-state index in [1.165, 1.54) is 0 Å². The molecule has 1 aliphatic rings. The van der Waals surface area contributed by atoms with Crippen LogP contribution in [-0.4, -0.2) is 48.8 Å². The molecule has 1 aromatic heterocycles. The van der Waals surface area contributed by atoms with Gasteiger partial charge >= 0.3 is 0 Å². The van der Waals surface area contributed by atoms with E-state index in [9.17, 15) is 13.2 Å². The molecule has 0 bridgehead atoms. The van der Waals surface area contributed by atoms with Crippen LogP contribution in [0, 0.1) is 13.8 Å². The van der Waals surface area contributed by atoms with Gasteiger partial charge in [0, 0.05) is 35.2 Å². The molecule has 6 heteroatoms. The fourth-order valence-corrected chi connectivity index (χ4v) is 4.82. The van der Waals surface area contributed by atoms with E-state index < -0.39 is 9.84 Å². The lowest BCUT2D eigenvalue weighted by Crippen LogP contribution is -2.37. The van der Waals surface area contributed by atoms with Gasteiger partial charge in [0.1, 0.15) is 0 Å². The maximum atomic E-state index is 12.6. The fraction of sp³-hybridized carbons (Fsp3) is 0.438. The lowest BCUT2D eigenvalue weighted by Gasteiger charge is -2.23. The van der Waals surface area contributed by atoms with Crippen molar-refractivity contribution in [3.63, 3.8) is 0 Å². The number of sulfone groups is 1. The van der Waals surface area contributed by atoms with Crippen molar-refractivity contribution in [2.75, 3.05) is 18.6 Å². The van der Waals surface area contributed by atoms with Crippen molar-refractivity contribution in [1.82, 2.24) is 9.88 Å². The standard InChI is InChI=1S/C16H20N2O3S/c1-10-11(2)17-15-5-4-12(8-14(10)15)16(19)18(3)13-6-7-22(20,21)9-13/h4-5,8,13,17H,6-7,9H2,1-3H3/t13-/m1/s1. The number of carbonyl (C=O) groups excluding carboxylic acids is 1. The van der Waals surface area contributed by atoms with Gasteiger partial charge in [-0.1, -0.05) is 0 Å². The first-order chi connectivity index (χ1) is 10.3. The molecule has 2 aromatic rings. The Morgan fingerprint density at radius 2 is 2.05 bits per heavy atom. The molecule has 1 N–H and O–H groups in total. The zero-order valence-corrected chi connectivity index (χ0v) is 13.8. The summed E-state index contributed by atoms with van der Waals surface area (Å²) in [5, 5.41) is 1.04. The third kappa shape index (κ3) is 2.52. The molecule has 2 heterocycles. The van der Waals surface area contributed by atoms with Crippen LogP contribution in [0.1, 0.15) is 28.0 Å². The zero-order valence-electron chi connectivity index (χ0n) is 13.0. The van der Waals surface area contributed by atoms with Crippen LogP contribution < -0.4 is 0 Å². The molecule has 0 aliphatic carbocycles. The molecule has 22 heavy (non-hydrogen) atoms. The lowest BCUT2D eigenvalue weighted by molar-refractivity contribution is 0.0748. The van der Waals surface area contributed by atoms with Crippen LogP contribution in [-0.2, 0) is 9.84 Å². The maximum absolute atomic E-state index is 12.6. The molecule has 1 aliphatic heterocycles. The molecule has 1 saturated heterocycles. The highest BCUT2D eigenvalue weighted by Gasteiger charge is 2.33. The predicted octanol–water partition coefficient (Wildman–Crippen LogP) is 2.04. The Kier molecular flexibility index (Phi) is 3.51. The normalized spacial score (nSPS) is 20.4. The molecule has 118 valence electrons. The van der Waals surface area contributed by atoms with E-state index in [1.54, 1.807) is 18.0 Å². The molecular formula is C16H20N2O3S. The monoisotopic (exact) mass is 320 g/mol. The number of benzene rings is 1. The number of carbonyl (C=O) groups is 1. The van der Waals surface area contributed by atoms with Crippen LogP contribution in [0.3, 0.4) is 0 Å². The number of aromatic nitrogens is 1. The molecule has 0 radical (unpaired) electrons. The second kappa shape index (κ2) is 5.12. The van der Waals surface area contributed by atoms with Gasteiger partial charge in [-0.05, 0) is 44.0 Å². The lowest BCUT2D eigenvalue weighted by atomic mass is 10.1. The van der Waals surface area contributed by atoms with E-state index in [0.717, 1.165) is 22.2 Å². The second-order valence-corrected chi connectivity index (χ2v) is 8.34. The molecule has 1 amide bonds. The Morgan fingerprint density at radius 1 is 1.32 bits per heavy atom. The van der Waals surface area contributed by atoms with Gasteiger partial charge in [0.2, 0.25) is 0 Å². The molecule has 0 spiro atoms. The summed E-state index contributed by atoms with van der Waals surface area (Å²) < 4.78 is 23.2. The van der Waals surface area contributed by atoms with Gasteiger partial charge in [0.25, 0.3) is 5.91 Å². The van der Waals surface area contributed by atoms with E-state index in [0.29, 0.717) is 12.0 Å². The van der Waals surface area contributed by atoms with Gasteiger partial charge in [-0.15, -0.1) is 0 Å². The van der Waals surface area contributed by atoms with Crippen molar-refractivity contribution in [3.05, 3.63) is 35.0 Å². The zero-order chi connectivity index (χ0) is 16.1. The van der Waals surface area contributed by atoms with Crippen LogP contribution in [0.4, 0.5) is 0 Å². The minimum Gasteiger partial charge on any atom is -0.358 e. The highest BCUT2D eigenvalue weighted by molar-refractivity contribution is 7.91. The summed E-state index contributed by atoms with van der Waals surface area (Å²) in [6, 6.07) is 5.36. The van der Waals surface area contributed by atoms with Crippen molar-refractivity contribution in [1.29, 1.82) is 0 Å². The number of H-pyrrole nitrogens is 1. The first kappa shape index (κ1) is 15.1. The highest BCUT2D eigenvalue weighted by Crippen LogP contribution is 2.24. The van der Waals surface area contributed by atoms with Crippen molar-refractivity contribution in [3.8, 4) is 0 Å². The number of aromatic amines is 1. The highest BCUT2D eigenvalue weighted by atomic mass is 32.2. The molecule has 1 fully saturated rings. The average molecular weight is 320 g/mol. The van der Waals surface area contributed by atoms with E-state index >= 15 is 0 Å². The van der Waals surface area contributed by atoms with Crippen molar-refractivity contribution in [2.24, 2.45) is 0 Å². The van der Waals surface area contributed by atoms with Crippen LogP contribution in [0.15, 0.2) is 18.2 Å². The van der Waals surface area contributed by atoms with E-state index in [4.69, 9.17) is 0 Å². The van der Waals surface area contributed by atoms with E-state index in [1.807, 2.05) is 26.0 Å².